The molecule has 0 atom stereocenters. The van der Waals surface area contributed by atoms with E-state index < -0.39 is 0 Å². The number of hydrogen-bond donors (Lipinski definition) is 0. The van der Waals surface area contributed by atoms with Gasteiger partial charge in [0.25, 0.3) is 0 Å². The lowest BCUT2D eigenvalue weighted by Crippen LogP contribution is -2.38. The fourth-order valence-corrected chi connectivity index (χ4v) is 1.92. The zero-order valence-corrected chi connectivity index (χ0v) is 10.7. The monoisotopic (exact) mass is 249 g/mol. The van der Waals surface area contributed by atoms with Gasteiger partial charge >= 0.3 is 0 Å². The van der Waals surface area contributed by atoms with Crippen molar-refractivity contribution in [3.63, 3.8) is 0 Å². The van der Waals surface area contributed by atoms with Crippen LogP contribution in [0.3, 0.4) is 0 Å². The number of ether oxygens (including phenoxy) is 2. The van der Waals surface area contributed by atoms with Crippen LogP contribution in [-0.4, -0.2) is 50.1 Å². The molecule has 1 fully saturated rings. The minimum Gasteiger partial charge on any atom is -0.492 e. The number of nitrogens with zero attached hydrogens (tertiary/aromatic N) is 1. The summed E-state index contributed by atoms with van der Waals surface area (Å²) in [7, 11) is 0. The third-order valence-electron chi connectivity index (χ3n) is 3.02. The van der Waals surface area contributed by atoms with Crippen LogP contribution < -0.4 is 4.74 Å². The van der Waals surface area contributed by atoms with E-state index in [1.54, 1.807) is 19.1 Å². The van der Waals surface area contributed by atoms with Crippen molar-refractivity contribution in [3.05, 3.63) is 29.8 Å². The number of benzene rings is 1. The molecule has 0 spiro atoms. The fourth-order valence-electron chi connectivity index (χ4n) is 1.92. The summed E-state index contributed by atoms with van der Waals surface area (Å²) in [6.07, 6.45) is 0. The summed E-state index contributed by atoms with van der Waals surface area (Å²) in [4.78, 5) is 13.6. The summed E-state index contributed by atoms with van der Waals surface area (Å²) >= 11 is 0. The lowest BCUT2D eigenvalue weighted by molar-refractivity contribution is 0.0322. The Bertz CT molecular complexity index is 400. The molecule has 0 aromatic heterocycles. The molecular weight excluding hydrogens is 230 g/mol. The average molecular weight is 249 g/mol. The van der Waals surface area contributed by atoms with Crippen molar-refractivity contribution in [1.82, 2.24) is 4.90 Å². The largest absolute Gasteiger partial charge is 0.492 e. The van der Waals surface area contributed by atoms with E-state index in [2.05, 4.69) is 4.90 Å². The molecule has 0 amide bonds. The van der Waals surface area contributed by atoms with Gasteiger partial charge in [-0.3, -0.25) is 9.69 Å². The third kappa shape index (κ3) is 3.82. The maximum Gasteiger partial charge on any atom is 0.159 e. The Hall–Kier alpha value is -1.39. The molecule has 98 valence electrons. The molecule has 1 aromatic rings. The summed E-state index contributed by atoms with van der Waals surface area (Å²) in [5, 5.41) is 0. The maximum atomic E-state index is 11.2. The zero-order valence-electron chi connectivity index (χ0n) is 10.7. The standard InChI is InChI=1S/C14H19NO3/c1-12(16)13-3-2-4-14(11-13)18-10-7-15-5-8-17-9-6-15/h2-4,11H,5-10H2,1H3. The van der Waals surface area contributed by atoms with Crippen molar-refractivity contribution in [3.8, 4) is 5.75 Å². The molecule has 4 nitrogen and oxygen atoms in total. The molecule has 4 heteroatoms. The lowest BCUT2D eigenvalue weighted by Gasteiger charge is -2.26. The number of carbonyl (C=O) groups excluding carboxylic acids is 1. The van der Waals surface area contributed by atoms with Crippen LogP contribution >= 0.6 is 0 Å². The summed E-state index contributed by atoms with van der Waals surface area (Å²) in [5.41, 5.74) is 0.693. The normalized spacial score (nSPS) is 16.5. The SMILES string of the molecule is CC(=O)c1cccc(OCCN2CCOCC2)c1. The van der Waals surface area contributed by atoms with Gasteiger partial charge in [-0.2, -0.15) is 0 Å². The van der Waals surface area contributed by atoms with E-state index in [1.165, 1.54) is 0 Å². The number of rotatable bonds is 5. The maximum absolute atomic E-state index is 11.2. The first-order chi connectivity index (χ1) is 8.75. The molecule has 2 rings (SSSR count). The molecule has 18 heavy (non-hydrogen) atoms. The topological polar surface area (TPSA) is 38.8 Å². The molecule has 0 radical (unpaired) electrons. The molecular formula is C14H19NO3. The zero-order chi connectivity index (χ0) is 12.8. The molecule has 1 heterocycles. The van der Waals surface area contributed by atoms with Gasteiger partial charge in [0, 0.05) is 25.2 Å². The highest BCUT2D eigenvalue weighted by Crippen LogP contribution is 2.13. The van der Waals surface area contributed by atoms with Crippen LogP contribution in [0.1, 0.15) is 17.3 Å². The van der Waals surface area contributed by atoms with E-state index >= 15 is 0 Å². The van der Waals surface area contributed by atoms with Crippen LogP contribution in [0.15, 0.2) is 24.3 Å². The molecule has 1 aliphatic rings. The molecule has 1 aromatic carbocycles. The van der Waals surface area contributed by atoms with Gasteiger partial charge < -0.3 is 9.47 Å². The Morgan fingerprint density at radius 2 is 2.17 bits per heavy atom. The number of Topliss-reactive ketones (excluding diaryl/α,β-unsaturated/α-hetero) is 1. The highest BCUT2D eigenvalue weighted by molar-refractivity contribution is 5.94. The Kier molecular flexibility index (Phi) is 4.73. The van der Waals surface area contributed by atoms with Crippen LogP contribution in [0.2, 0.25) is 0 Å². The van der Waals surface area contributed by atoms with E-state index in [-0.39, 0.29) is 5.78 Å². The van der Waals surface area contributed by atoms with Crippen molar-refractivity contribution >= 4 is 5.78 Å². The Balaban J connectivity index is 1.78. The predicted octanol–water partition coefficient (Wildman–Crippen LogP) is 1.60. The first-order valence-corrected chi connectivity index (χ1v) is 6.29. The second kappa shape index (κ2) is 6.52. The van der Waals surface area contributed by atoms with E-state index in [0.717, 1.165) is 38.6 Å². The van der Waals surface area contributed by atoms with Crippen LogP contribution in [0, 0.1) is 0 Å². The highest BCUT2D eigenvalue weighted by atomic mass is 16.5. The molecule has 0 bridgehead atoms. The second-order valence-electron chi connectivity index (χ2n) is 4.39. The summed E-state index contributed by atoms with van der Waals surface area (Å²) in [6, 6.07) is 7.32. The van der Waals surface area contributed by atoms with E-state index in [4.69, 9.17) is 9.47 Å². The van der Waals surface area contributed by atoms with Gasteiger partial charge in [0.2, 0.25) is 0 Å². The number of carbonyl (C=O) groups is 1. The molecule has 0 saturated carbocycles. The summed E-state index contributed by atoms with van der Waals surface area (Å²) < 4.78 is 11.0. The van der Waals surface area contributed by atoms with Gasteiger partial charge in [-0.25, -0.2) is 0 Å². The third-order valence-corrected chi connectivity index (χ3v) is 3.02. The van der Waals surface area contributed by atoms with Gasteiger partial charge in [0.15, 0.2) is 5.78 Å². The number of morpholine rings is 1. The van der Waals surface area contributed by atoms with Gasteiger partial charge in [0.1, 0.15) is 12.4 Å². The molecule has 0 unspecified atom stereocenters. The van der Waals surface area contributed by atoms with Crippen molar-refractivity contribution in [1.29, 1.82) is 0 Å². The van der Waals surface area contributed by atoms with Crippen molar-refractivity contribution < 1.29 is 14.3 Å². The highest BCUT2D eigenvalue weighted by Gasteiger charge is 2.09. The number of hydrogen-bond acceptors (Lipinski definition) is 4. The average Bonchev–Trinajstić information content (AvgIpc) is 2.40. The molecule has 0 N–H and O–H groups in total. The van der Waals surface area contributed by atoms with Gasteiger partial charge in [-0.05, 0) is 19.1 Å². The van der Waals surface area contributed by atoms with E-state index in [1.807, 2.05) is 12.1 Å². The van der Waals surface area contributed by atoms with Crippen LogP contribution in [0.25, 0.3) is 0 Å². The fraction of sp³-hybridized carbons (Fsp3) is 0.500. The Morgan fingerprint density at radius 1 is 1.39 bits per heavy atom. The second-order valence-corrected chi connectivity index (χ2v) is 4.39. The van der Waals surface area contributed by atoms with Gasteiger partial charge in [0.05, 0.1) is 13.2 Å². The molecule has 1 aliphatic heterocycles. The first kappa shape index (κ1) is 13.1. The van der Waals surface area contributed by atoms with E-state index in [0.29, 0.717) is 12.2 Å². The van der Waals surface area contributed by atoms with Crippen molar-refractivity contribution in [2.75, 3.05) is 39.5 Å². The Morgan fingerprint density at radius 3 is 2.89 bits per heavy atom. The van der Waals surface area contributed by atoms with Gasteiger partial charge in [-0.1, -0.05) is 12.1 Å². The molecule has 1 saturated heterocycles. The quantitative estimate of drug-likeness (QED) is 0.743. The van der Waals surface area contributed by atoms with E-state index in [9.17, 15) is 4.79 Å². The predicted molar refractivity (Wildman–Crippen MR) is 69.2 cm³/mol. The lowest BCUT2D eigenvalue weighted by atomic mass is 10.1. The summed E-state index contributed by atoms with van der Waals surface area (Å²) in [5.74, 6) is 0.824. The van der Waals surface area contributed by atoms with Crippen LogP contribution in [0.5, 0.6) is 5.75 Å². The molecule has 0 aliphatic carbocycles. The Labute approximate surface area is 107 Å². The smallest absolute Gasteiger partial charge is 0.159 e. The first-order valence-electron chi connectivity index (χ1n) is 6.29. The van der Waals surface area contributed by atoms with Crippen LogP contribution in [-0.2, 0) is 4.74 Å². The minimum absolute atomic E-state index is 0.0635. The van der Waals surface area contributed by atoms with Crippen LogP contribution in [0.4, 0.5) is 0 Å². The summed E-state index contributed by atoms with van der Waals surface area (Å²) in [6.45, 7) is 6.65. The van der Waals surface area contributed by atoms with Crippen molar-refractivity contribution in [2.24, 2.45) is 0 Å². The van der Waals surface area contributed by atoms with Crippen molar-refractivity contribution in [2.45, 2.75) is 6.92 Å². The number of ketones is 1. The van der Waals surface area contributed by atoms with Gasteiger partial charge in [-0.15, -0.1) is 0 Å². The minimum atomic E-state index is 0.0635.